The van der Waals surface area contributed by atoms with Crippen molar-refractivity contribution in [3.63, 3.8) is 0 Å². The molecule has 0 amide bonds. The Bertz CT molecular complexity index is 764. The third-order valence-corrected chi connectivity index (χ3v) is 9.69. The second-order valence-corrected chi connectivity index (χ2v) is 11.0. The van der Waals surface area contributed by atoms with Crippen LogP contribution >= 0.6 is 0 Å². The molecular weight excluding hydrogens is 366 g/mol. The number of aliphatic hydroxyl groups excluding tert-OH is 1. The van der Waals surface area contributed by atoms with E-state index >= 15 is 0 Å². The van der Waals surface area contributed by atoms with E-state index in [4.69, 9.17) is 4.74 Å². The van der Waals surface area contributed by atoms with E-state index in [2.05, 4.69) is 18.4 Å². The SMILES string of the molecule is C=C1C2CC(=O)C3(CCC4C5(C)CCCC4(CN(CCO)C5)C3C2)C1OC(C)=O. The number of hydrogen-bond donors (Lipinski definition) is 1. The van der Waals surface area contributed by atoms with Crippen molar-refractivity contribution in [1.82, 2.24) is 4.90 Å². The molecule has 1 heterocycles. The van der Waals surface area contributed by atoms with Gasteiger partial charge in [0.25, 0.3) is 0 Å². The molecule has 7 unspecified atom stereocenters. The lowest BCUT2D eigenvalue weighted by Crippen LogP contribution is -2.73. The Balaban J connectivity index is 1.62. The molecule has 4 bridgehead atoms. The standard InChI is InChI=1S/C24H35NO4/c1-15-17-11-19-23-7-4-6-22(3,13-25(14-23)9-10-26)18(23)5-8-24(19,20(28)12-17)21(15)29-16(2)27/h17-19,21,26H,1,4-14H2,2-3H3. The summed E-state index contributed by atoms with van der Waals surface area (Å²) < 4.78 is 5.87. The molecule has 160 valence electrons. The minimum absolute atomic E-state index is 0.0894. The van der Waals surface area contributed by atoms with Crippen molar-refractivity contribution in [2.75, 3.05) is 26.2 Å². The molecule has 1 N–H and O–H groups in total. The summed E-state index contributed by atoms with van der Waals surface area (Å²) in [5, 5.41) is 9.65. The van der Waals surface area contributed by atoms with Gasteiger partial charge in [0.05, 0.1) is 12.0 Å². The molecule has 6 rings (SSSR count). The minimum Gasteiger partial charge on any atom is -0.457 e. The van der Waals surface area contributed by atoms with Crippen molar-refractivity contribution in [3.05, 3.63) is 12.2 Å². The largest absolute Gasteiger partial charge is 0.457 e. The molecule has 0 radical (unpaired) electrons. The van der Waals surface area contributed by atoms with Gasteiger partial charge in [-0.05, 0) is 66.3 Å². The summed E-state index contributed by atoms with van der Waals surface area (Å²) in [5.74, 6) is 1.04. The van der Waals surface area contributed by atoms with E-state index in [1.54, 1.807) is 0 Å². The molecular formula is C24H35NO4. The quantitative estimate of drug-likeness (QED) is 0.582. The van der Waals surface area contributed by atoms with E-state index in [0.717, 1.165) is 44.3 Å². The van der Waals surface area contributed by atoms with Gasteiger partial charge >= 0.3 is 5.97 Å². The van der Waals surface area contributed by atoms with E-state index < -0.39 is 11.5 Å². The Morgan fingerprint density at radius 3 is 2.79 bits per heavy atom. The number of likely N-dealkylation sites (tertiary alicyclic amines) is 1. The van der Waals surface area contributed by atoms with Crippen LogP contribution in [-0.2, 0) is 14.3 Å². The van der Waals surface area contributed by atoms with Gasteiger partial charge in [-0.2, -0.15) is 0 Å². The Morgan fingerprint density at radius 1 is 1.28 bits per heavy atom. The second kappa shape index (κ2) is 6.40. The average molecular weight is 402 g/mol. The topological polar surface area (TPSA) is 66.8 Å². The van der Waals surface area contributed by atoms with Crippen molar-refractivity contribution in [2.24, 2.45) is 34.0 Å². The monoisotopic (exact) mass is 401 g/mol. The van der Waals surface area contributed by atoms with Gasteiger partial charge in [-0.1, -0.05) is 19.9 Å². The number of hydrogen-bond acceptors (Lipinski definition) is 5. The van der Waals surface area contributed by atoms with Gasteiger partial charge in [0.15, 0.2) is 0 Å². The molecule has 0 aromatic heterocycles. The van der Waals surface area contributed by atoms with E-state index in [-0.39, 0.29) is 35.2 Å². The minimum atomic E-state index is -0.575. The zero-order valence-corrected chi connectivity index (χ0v) is 17.9. The van der Waals surface area contributed by atoms with Crippen LogP contribution in [-0.4, -0.2) is 54.1 Å². The van der Waals surface area contributed by atoms with Crippen molar-refractivity contribution in [1.29, 1.82) is 0 Å². The summed E-state index contributed by atoms with van der Waals surface area (Å²) in [4.78, 5) is 28.0. The van der Waals surface area contributed by atoms with Gasteiger partial charge in [0.1, 0.15) is 11.9 Å². The van der Waals surface area contributed by atoms with E-state index in [1.807, 2.05) is 0 Å². The summed E-state index contributed by atoms with van der Waals surface area (Å²) >= 11 is 0. The van der Waals surface area contributed by atoms with Crippen LogP contribution in [0.3, 0.4) is 0 Å². The van der Waals surface area contributed by atoms with Gasteiger partial charge in [-0.3, -0.25) is 14.5 Å². The molecule has 6 aliphatic rings. The van der Waals surface area contributed by atoms with Crippen LogP contribution in [0.4, 0.5) is 0 Å². The van der Waals surface area contributed by atoms with Crippen LogP contribution in [0, 0.1) is 34.0 Å². The molecule has 1 saturated heterocycles. The van der Waals surface area contributed by atoms with Crippen LogP contribution in [0.15, 0.2) is 12.2 Å². The lowest BCUT2D eigenvalue weighted by Gasteiger charge is -2.72. The number of carbonyl (C=O) groups is 2. The summed E-state index contributed by atoms with van der Waals surface area (Å²) in [6.45, 7) is 11.1. The number of rotatable bonds is 3. The summed E-state index contributed by atoms with van der Waals surface area (Å²) in [7, 11) is 0. The predicted octanol–water partition coefficient (Wildman–Crippen LogP) is 2.96. The molecule has 29 heavy (non-hydrogen) atoms. The highest BCUT2D eigenvalue weighted by molar-refractivity contribution is 5.90. The highest BCUT2D eigenvalue weighted by Crippen LogP contribution is 2.72. The number of esters is 1. The molecule has 7 atom stereocenters. The molecule has 1 aliphatic heterocycles. The van der Waals surface area contributed by atoms with Gasteiger partial charge in [0, 0.05) is 33.0 Å². The van der Waals surface area contributed by atoms with Crippen molar-refractivity contribution in [2.45, 2.75) is 64.9 Å². The number of carbonyl (C=O) groups excluding carboxylic acids is 2. The van der Waals surface area contributed by atoms with Crippen molar-refractivity contribution < 1.29 is 19.4 Å². The maximum Gasteiger partial charge on any atom is 0.303 e. The normalized spacial score (nSPS) is 48.8. The van der Waals surface area contributed by atoms with Crippen LogP contribution in [0.2, 0.25) is 0 Å². The van der Waals surface area contributed by atoms with Gasteiger partial charge < -0.3 is 9.84 Å². The first-order chi connectivity index (χ1) is 13.8. The number of ether oxygens (including phenoxy) is 1. The third kappa shape index (κ3) is 2.46. The second-order valence-electron chi connectivity index (χ2n) is 11.0. The molecule has 5 heteroatoms. The molecule has 1 spiro atoms. The summed E-state index contributed by atoms with van der Waals surface area (Å²) in [6, 6.07) is 0. The van der Waals surface area contributed by atoms with Crippen LogP contribution in [0.25, 0.3) is 0 Å². The molecule has 0 aromatic carbocycles. The van der Waals surface area contributed by atoms with Crippen molar-refractivity contribution >= 4 is 11.8 Å². The van der Waals surface area contributed by atoms with Gasteiger partial charge in [-0.15, -0.1) is 0 Å². The molecule has 0 aromatic rings. The van der Waals surface area contributed by atoms with E-state index in [1.165, 1.54) is 19.8 Å². The van der Waals surface area contributed by atoms with Crippen LogP contribution in [0.1, 0.15) is 58.8 Å². The fraction of sp³-hybridized carbons (Fsp3) is 0.833. The van der Waals surface area contributed by atoms with Crippen molar-refractivity contribution in [3.8, 4) is 0 Å². The maximum absolute atomic E-state index is 13.6. The summed E-state index contributed by atoms with van der Waals surface area (Å²) in [5.41, 5.74) is 0.745. The lowest BCUT2D eigenvalue weighted by atomic mass is 9.34. The summed E-state index contributed by atoms with van der Waals surface area (Å²) in [6.07, 6.45) is 6.63. The third-order valence-electron chi connectivity index (χ3n) is 9.69. The number of piperidine rings is 1. The number of nitrogens with zero attached hydrogens (tertiary/aromatic N) is 1. The highest BCUT2D eigenvalue weighted by atomic mass is 16.5. The number of fused-ring (bicyclic) bond motifs is 2. The number of ketones is 1. The Kier molecular flexibility index (Phi) is 4.36. The lowest BCUT2D eigenvalue weighted by molar-refractivity contribution is -0.236. The predicted molar refractivity (Wildman–Crippen MR) is 109 cm³/mol. The number of Topliss-reactive ketones (excluding diaryl/α,β-unsaturated/α-hetero) is 1. The first-order valence-electron chi connectivity index (χ1n) is 11.5. The zero-order valence-electron chi connectivity index (χ0n) is 17.9. The average Bonchev–Trinajstić information content (AvgIpc) is 2.64. The first kappa shape index (κ1) is 19.7. The fourth-order valence-corrected chi connectivity index (χ4v) is 8.95. The Hall–Kier alpha value is -1.20. The fourth-order valence-electron chi connectivity index (χ4n) is 8.95. The van der Waals surface area contributed by atoms with Gasteiger partial charge in [0.2, 0.25) is 0 Å². The van der Waals surface area contributed by atoms with Gasteiger partial charge in [-0.25, -0.2) is 0 Å². The molecule has 5 nitrogen and oxygen atoms in total. The molecule has 6 fully saturated rings. The first-order valence-corrected chi connectivity index (χ1v) is 11.5. The number of β-amino-alcohol motifs (C(OH)–C–C–N with tert-alkyl or cyclic N) is 1. The molecule has 5 saturated carbocycles. The molecule has 5 aliphatic carbocycles. The van der Waals surface area contributed by atoms with E-state index in [9.17, 15) is 14.7 Å². The zero-order chi connectivity index (χ0) is 20.6. The van der Waals surface area contributed by atoms with E-state index in [0.29, 0.717) is 24.7 Å². The van der Waals surface area contributed by atoms with Crippen LogP contribution in [0.5, 0.6) is 0 Å². The highest BCUT2D eigenvalue weighted by Gasteiger charge is 2.73. The number of aliphatic hydroxyl groups is 1. The Labute approximate surface area is 173 Å². The Morgan fingerprint density at radius 2 is 2.07 bits per heavy atom. The maximum atomic E-state index is 13.6. The van der Waals surface area contributed by atoms with Crippen LogP contribution < -0.4 is 0 Å². The smallest absolute Gasteiger partial charge is 0.303 e.